The SMILES string of the molecule is C=C1C(=O)O[C@@H]2/C=C(/C)CC/C=C(/COC(C)=O)[C@@H](O)[C@@H](OC(=O)[C@@H](C)CC)[C@@H]12. The average Bonchev–Trinajstić information content (AvgIpc) is 2.93. The summed E-state index contributed by atoms with van der Waals surface area (Å²) in [5.74, 6) is -2.65. The van der Waals surface area contributed by atoms with E-state index in [-0.39, 0.29) is 18.1 Å². The van der Waals surface area contributed by atoms with E-state index in [1.165, 1.54) is 6.92 Å². The molecule has 1 N–H and O–H groups in total. The molecule has 1 aliphatic carbocycles. The van der Waals surface area contributed by atoms with Crippen molar-refractivity contribution in [2.45, 2.75) is 65.3 Å². The summed E-state index contributed by atoms with van der Waals surface area (Å²) in [6.07, 6.45) is 2.40. The minimum atomic E-state index is -1.27. The molecule has 1 saturated heterocycles. The van der Waals surface area contributed by atoms with Crippen molar-refractivity contribution in [1.29, 1.82) is 0 Å². The molecule has 0 aromatic rings. The number of carbonyl (C=O) groups excluding carboxylic acids is 3. The van der Waals surface area contributed by atoms with Crippen molar-refractivity contribution in [3.8, 4) is 0 Å². The maximum absolute atomic E-state index is 12.5. The quantitative estimate of drug-likeness (QED) is 0.324. The van der Waals surface area contributed by atoms with Crippen LogP contribution in [-0.4, -0.2) is 47.9 Å². The van der Waals surface area contributed by atoms with E-state index >= 15 is 0 Å². The van der Waals surface area contributed by atoms with Gasteiger partial charge in [0.05, 0.1) is 11.8 Å². The van der Waals surface area contributed by atoms with E-state index in [4.69, 9.17) is 14.2 Å². The second kappa shape index (κ2) is 9.87. The molecule has 2 rings (SSSR count). The molecule has 1 fully saturated rings. The van der Waals surface area contributed by atoms with Crippen molar-refractivity contribution in [1.82, 2.24) is 0 Å². The molecule has 0 saturated carbocycles. The Hall–Kier alpha value is -2.41. The summed E-state index contributed by atoms with van der Waals surface area (Å²) in [5.41, 5.74) is 1.56. The third-order valence-electron chi connectivity index (χ3n) is 5.41. The zero-order valence-electron chi connectivity index (χ0n) is 17.5. The number of allylic oxidation sites excluding steroid dienone is 2. The van der Waals surface area contributed by atoms with Crippen molar-refractivity contribution in [3.05, 3.63) is 35.5 Å². The van der Waals surface area contributed by atoms with Crippen LogP contribution in [0.2, 0.25) is 0 Å². The molecule has 5 atom stereocenters. The fourth-order valence-corrected chi connectivity index (χ4v) is 3.39. The lowest BCUT2D eigenvalue weighted by Gasteiger charge is -2.32. The Kier molecular flexibility index (Phi) is 7.79. The predicted molar refractivity (Wildman–Crippen MR) is 106 cm³/mol. The van der Waals surface area contributed by atoms with Crippen molar-refractivity contribution in [2.24, 2.45) is 11.8 Å². The molecule has 7 nitrogen and oxygen atoms in total. The average molecular weight is 406 g/mol. The first kappa shape index (κ1) is 22.9. The second-order valence-electron chi connectivity index (χ2n) is 7.69. The Bertz CT molecular complexity index is 733. The Morgan fingerprint density at radius 3 is 2.72 bits per heavy atom. The largest absolute Gasteiger partial charge is 0.461 e. The summed E-state index contributed by atoms with van der Waals surface area (Å²) < 4.78 is 16.2. The smallest absolute Gasteiger partial charge is 0.334 e. The lowest BCUT2D eigenvalue weighted by atomic mass is 9.83. The third kappa shape index (κ3) is 5.56. The van der Waals surface area contributed by atoms with E-state index in [9.17, 15) is 19.5 Å². The van der Waals surface area contributed by atoms with Crippen molar-refractivity contribution < 1.29 is 33.7 Å². The zero-order valence-corrected chi connectivity index (χ0v) is 17.5. The van der Waals surface area contributed by atoms with Gasteiger partial charge in [-0.1, -0.05) is 32.1 Å². The number of ether oxygens (including phenoxy) is 3. The van der Waals surface area contributed by atoms with E-state index in [0.717, 1.165) is 5.57 Å². The molecular formula is C22H30O7. The van der Waals surface area contributed by atoms with Crippen LogP contribution in [0.25, 0.3) is 0 Å². The second-order valence-corrected chi connectivity index (χ2v) is 7.69. The molecule has 1 heterocycles. The summed E-state index contributed by atoms with van der Waals surface area (Å²) in [4.78, 5) is 36.0. The first-order chi connectivity index (χ1) is 13.6. The molecule has 29 heavy (non-hydrogen) atoms. The molecule has 160 valence electrons. The molecule has 2 aliphatic rings. The van der Waals surface area contributed by atoms with Gasteiger partial charge in [0, 0.05) is 12.5 Å². The highest BCUT2D eigenvalue weighted by molar-refractivity contribution is 5.91. The van der Waals surface area contributed by atoms with Gasteiger partial charge in [-0.3, -0.25) is 9.59 Å². The zero-order chi connectivity index (χ0) is 21.7. The summed E-state index contributed by atoms with van der Waals surface area (Å²) in [7, 11) is 0. The van der Waals surface area contributed by atoms with Crippen LogP contribution in [0.5, 0.6) is 0 Å². The van der Waals surface area contributed by atoms with Crippen LogP contribution in [-0.2, 0) is 28.6 Å². The first-order valence-corrected chi connectivity index (χ1v) is 9.93. The summed E-state index contributed by atoms with van der Waals surface area (Å²) in [5, 5.41) is 11.1. The van der Waals surface area contributed by atoms with Crippen LogP contribution in [0.3, 0.4) is 0 Å². The van der Waals surface area contributed by atoms with Crippen LogP contribution in [0.15, 0.2) is 35.5 Å². The summed E-state index contributed by atoms with van der Waals surface area (Å²) in [6.45, 7) is 10.5. The molecule has 0 aromatic carbocycles. The van der Waals surface area contributed by atoms with E-state index in [2.05, 4.69) is 6.58 Å². The van der Waals surface area contributed by atoms with Crippen LogP contribution in [0.1, 0.15) is 47.0 Å². The van der Waals surface area contributed by atoms with Gasteiger partial charge in [0.2, 0.25) is 0 Å². The lowest BCUT2D eigenvalue weighted by molar-refractivity contribution is -0.163. The fourth-order valence-electron chi connectivity index (χ4n) is 3.39. The normalized spacial score (nSPS) is 32.0. The first-order valence-electron chi connectivity index (χ1n) is 9.93. The van der Waals surface area contributed by atoms with Gasteiger partial charge in [-0.2, -0.15) is 0 Å². The van der Waals surface area contributed by atoms with Crippen molar-refractivity contribution >= 4 is 17.9 Å². The molecule has 0 bridgehead atoms. The number of hydrogen-bond acceptors (Lipinski definition) is 7. The van der Waals surface area contributed by atoms with Gasteiger partial charge in [0.25, 0.3) is 0 Å². The highest BCUT2D eigenvalue weighted by atomic mass is 16.6. The number of aliphatic hydroxyl groups is 1. The van der Waals surface area contributed by atoms with E-state index in [1.54, 1.807) is 13.0 Å². The molecule has 0 spiro atoms. The maximum Gasteiger partial charge on any atom is 0.334 e. The van der Waals surface area contributed by atoms with Gasteiger partial charge in [-0.05, 0) is 37.8 Å². The maximum atomic E-state index is 12.5. The van der Waals surface area contributed by atoms with Crippen LogP contribution >= 0.6 is 0 Å². The lowest BCUT2D eigenvalue weighted by Crippen LogP contribution is -2.44. The Morgan fingerprint density at radius 1 is 1.41 bits per heavy atom. The highest BCUT2D eigenvalue weighted by Gasteiger charge is 2.48. The number of aliphatic hydroxyl groups excluding tert-OH is 1. The minimum absolute atomic E-state index is 0.130. The Morgan fingerprint density at radius 2 is 2.10 bits per heavy atom. The molecule has 0 unspecified atom stereocenters. The molecular weight excluding hydrogens is 376 g/mol. The number of hydrogen-bond donors (Lipinski definition) is 1. The number of carbonyl (C=O) groups is 3. The van der Waals surface area contributed by atoms with Gasteiger partial charge < -0.3 is 19.3 Å². The minimum Gasteiger partial charge on any atom is -0.461 e. The topological polar surface area (TPSA) is 99.1 Å². The van der Waals surface area contributed by atoms with Gasteiger partial charge in [0.15, 0.2) is 0 Å². The molecule has 1 aliphatic heterocycles. The Labute approximate surface area is 171 Å². The molecule has 0 amide bonds. The van der Waals surface area contributed by atoms with Gasteiger partial charge in [-0.15, -0.1) is 0 Å². The van der Waals surface area contributed by atoms with Gasteiger partial charge in [-0.25, -0.2) is 4.79 Å². The predicted octanol–water partition coefficient (Wildman–Crippen LogP) is 2.63. The molecule has 0 radical (unpaired) electrons. The molecule has 7 heteroatoms. The van der Waals surface area contributed by atoms with Crippen LogP contribution in [0, 0.1) is 11.8 Å². The van der Waals surface area contributed by atoms with E-state index in [0.29, 0.717) is 24.8 Å². The van der Waals surface area contributed by atoms with Crippen molar-refractivity contribution in [3.63, 3.8) is 0 Å². The summed E-state index contributed by atoms with van der Waals surface area (Å²) >= 11 is 0. The fraction of sp³-hybridized carbons (Fsp3) is 0.591. The van der Waals surface area contributed by atoms with E-state index in [1.807, 2.05) is 19.9 Å². The third-order valence-corrected chi connectivity index (χ3v) is 5.41. The molecule has 0 aromatic heterocycles. The number of fused-ring (bicyclic) bond motifs is 1. The summed E-state index contributed by atoms with van der Waals surface area (Å²) in [6, 6.07) is 0. The van der Waals surface area contributed by atoms with Crippen LogP contribution in [0.4, 0.5) is 0 Å². The van der Waals surface area contributed by atoms with Crippen molar-refractivity contribution in [2.75, 3.05) is 6.61 Å². The number of esters is 3. The standard InChI is InChI=1S/C22H30O7/c1-6-13(3)21(25)29-20-18-14(4)22(26)28-17(18)10-12(2)8-7-9-16(19(20)24)11-27-15(5)23/h9-10,13,17-20,24H,4,6-8,11H2,1-3,5H3/b12-10-,16-9-/t13-,17+,18-,19+,20-/m0/s1. The Balaban J connectivity index is 2.47. The van der Waals surface area contributed by atoms with E-state index < -0.39 is 42.1 Å². The van der Waals surface area contributed by atoms with Gasteiger partial charge >= 0.3 is 17.9 Å². The highest BCUT2D eigenvalue weighted by Crippen LogP contribution is 2.37. The monoisotopic (exact) mass is 406 g/mol. The van der Waals surface area contributed by atoms with Crippen LogP contribution < -0.4 is 0 Å². The van der Waals surface area contributed by atoms with Gasteiger partial charge in [0.1, 0.15) is 24.9 Å². The number of rotatable bonds is 5.